The van der Waals surface area contributed by atoms with Crippen molar-refractivity contribution in [2.24, 2.45) is 0 Å². The maximum Gasteiger partial charge on any atom is 0.135 e. The van der Waals surface area contributed by atoms with Crippen LogP contribution in [0.4, 0.5) is 8.78 Å². The van der Waals surface area contributed by atoms with E-state index in [9.17, 15) is 13.9 Å². The second kappa shape index (κ2) is 4.73. The highest BCUT2D eigenvalue weighted by atomic mass is 19.1. The third kappa shape index (κ3) is 2.23. The Hall–Kier alpha value is -2.76. The molecule has 0 saturated heterocycles. The number of aromatic nitrogens is 3. The van der Waals surface area contributed by atoms with Gasteiger partial charge in [0.2, 0.25) is 0 Å². The molecule has 0 aliphatic heterocycles. The first-order valence-corrected chi connectivity index (χ1v) is 5.81. The standard InChI is InChI=1S/C14H9F2N3O/c15-9-1-6-12(13(16)7-9)14-8-19(18-17-14)10-2-4-11(20)5-3-10/h1-8,20H. The van der Waals surface area contributed by atoms with Crippen molar-refractivity contribution >= 4 is 0 Å². The van der Waals surface area contributed by atoms with Crippen LogP contribution in [-0.2, 0) is 0 Å². The Morgan fingerprint density at radius 1 is 1.00 bits per heavy atom. The molecule has 1 heterocycles. The molecule has 20 heavy (non-hydrogen) atoms. The molecule has 0 atom stereocenters. The molecule has 100 valence electrons. The predicted octanol–water partition coefficient (Wildman–Crippen LogP) is 2.92. The summed E-state index contributed by atoms with van der Waals surface area (Å²) in [6.07, 6.45) is 1.53. The summed E-state index contributed by atoms with van der Waals surface area (Å²) in [7, 11) is 0. The molecule has 1 N–H and O–H groups in total. The van der Waals surface area contributed by atoms with Gasteiger partial charge in [0.15, 0.2) is 0 Å². The lowest BCUT2D eigenvalue weighted by Crippen LogP contribution is -1.93. The van der Waals surface area contributed by atoms with Crippen LogP contribution in [-0.4, -0.2) is 20.1 Å². The minimum atomic E-state index is -0.692. The van der Waals surface area contributed by atoms with E-state index in [1.54, 1.807) is 12.1 Å². The van der Waals surface area contributed by atoms with Crippen LogP contribution in [0.2, 0.25) is 0 Å². The number of benzene rings is 2. The van der Waals surface area contributed by atoms with Crippen LogP contribution >= 0.6 is 0 Å². The van der Waals surface area contributed by atoms with Gasteiger partial charge in [-0.25, -0.2) is 13.5 Å². The number of hydrogen-bond donors (Lipinski definition) is 1. The van der Waals surface area contributed by atoms with Crippen molar-refractivity contribution in [1.82, 2.24) is 15.0 Å². The molecule has 0 spiro atoms. The number of rotatable bonds is 2. The number of phenols is 1. The SMILES string of the molecule is Oc1ccc(-n2cc(-c3ccc(F)cc3F)nn2)cc1. The van der Waals surface area contributed by atoms with Crippen molar-refractivity contribution in [2.45, 2.75) is 0 Å². The summed E-state index contributed by atoms with van der Waals surface area (Å²) in [6.45, 7) is 0. The molecule has 3 rings (SSSR count). The van der Waals surface area contributed by atoms with Crippen LogP contribution in [0, 0.1) is 11.6 Å². The van der Waals surface area contributed by atoms with Crippen molar-refractivity contribution in [3.63, 3.8) is 0 Å². The highest BCUT2D eigenvalue weighted by molar-refractivity contribution is 5.59. The van der Waals surface area contributed by atoms with E-state index in [4.69, 9.17) is 0 Å². The van der Waals surface area contributed by atoms with Gasteiger partial charge in [0.1, 0.15) is 23.1 Å². The van der Waals surface area contributed by atoms with Gasteiger partial charge in [0, 0.05) is 11.6 Å². The van der Waals surface area contributed by atoms with E-state index in [2.05, 4.69) is 10.3 Å². The third-order valence-electron chi connectivity index (χ3n) is 2.81. The zero-order chi connectivity index (χ0) is 14.1. The second-order valence-corrected chi connectivity index (χ2v) is 4.19. The summed E-state index contributed by atoms with van der Waals surface area (Å²) < 4.78 is 28.0. The molecule has 0 fully saturated rings. The first kappa shape index (κ1) is 12.3. The Balaban J connectivity index is 1.99. The Labute approximate surface area is 112 Å². The van der Waals surface area contributed by atoms with Crippen molar-refractivity contribution in [1.29, 1.82) is 0 Å². The summed E-state index contributed by atoms with van der Waals surface area (Å²) in [4.78, 5) is 0. The van der Waals surface area contributed by atoms with E-state index in [-0.39, 0.29) is 11.3 Å². The molecular formula is C14H9F2N3O. The number of nitrogens with zero attached hydrogens (tertiary/aromatic N) is 3. The fourth-order valence-electron chi connectivity index (χ4n) is 1.82. The van der Waals surface area contributed by atoms with Gasteiger partial charge in [-0.2, -0.15) is 0 Å². The molecule has 0 radical (unpaired) electrons. The molecule has 0 unspecified atom stereocenters. The van der Waals surface area contributed by atoms with E-state index < -0.39 is 11.6 Å². The first-order chi connectivity index (χ1) is 9.63. The maximum atomic E-state index is 13.7. The maximum absolute atomic E-state index is 13.7. The summed E-state index contributed by atoms with van der Waals surface area (Å²) >= 11 is 0. The molecule has 4 nitrogen and oxygen atoms in total. The van der Waals surface area contributed by atoms with Crippen LogP contribution in [0.15, 0.2) is 48.7 Å². The van der Waals surface area contributed by atoms with Crippen LogP contribution in [0.3, 0.4) is 0 Å². The normalized spacial score (nSPS) is 10.7. The van der Waals surface area contributed by atoms with Gasteiger partial charge in [-0.15, -0.1) is 5.10 Å². The smallest absolute Gasteiger partial charge is 0.135 e. The summed E-state index contributed by atoms with van der Waals surface area (Å²) in [6, 6.07) is 9.59. The highest BCUT2D eigenvalue weighted by Crippen LogP contribution is 2.22. The summed E-state index contributed by atoms with van der Waals surface area (Å²) in [5, 5.41) is 17.0. The average Bonchev–Trinajstić information content (AvgIpc) is 2.89. The molecule has 6 heteroatoms. The zero-order valence-corrected chi connectivity index (χ0v) is 10.2. The molecular weight excluding hydrogens is 264 g/mol. The predicted molar refractivity (Wildman–Crippen MR) is 68.4 cm³/mol. The minimum absolute atomic E-state index is 0.138. The Morgan fingerprint density at radius 3 is 2.45 bits per heavy atom. The van der Waals surface area contributed by atoms with Crippen molar-refractivity contribution in [3.05, 3.63) is 60.3 Å². The van der Waals surface area contributed by atoms with E-state index in [0.717, 1.165) is 12.1 Å². The number of phenolic OH excluding ortho intramolecular Hbond substituents is 1. The molecule has 0 amide bonds. The lowest BCUT2D eigenvalue weighted by atomic mass is 10.1. The third-order valence-corrected chi connectivity index (χ3v) is 2.81. The first-order valence-electron chi connectivity index (χ1n) is 5.81. The molecule has 0 aliphatic rings. The molecule has 2 aromatic carbocycles. The van der Waals surface area contributed by atoms with Gasteiger partial charge in [-0.05, 0) is 36.4 Å². The van der Waals surface area contributed by atoms with E-state index >= 15 is 0 Å². The monoisotopic (exact) mass is 273 g/mol. The number of hydrogen-bond acceptors (Lipinski definition) is 3. The Bertz CT molecular complexity index is 753. The molecule has 1 aromatic heterocycles. The minimum Gasteiger partial charge on any atom is -0.508 e. The van der Waals surface area contributed by atoms with Crippen LogP contribution in [0.5, 0.6) is 5.75 Å². The second-order valence-electron chi connectivity index (χ2n) is 4.19. The fraction of sp³-hybridized carbons (Fsp3) is 0. The number of aromatic hydroxyl groups is 1. The molecule has 0 bridgehead atoms. The Morgan fingerprint density at radius 2 is 1.75 bits per heavy atom. The van der Waals surface area contributed by atoms with Crippen LogP contribution in [0.1, 0.15) is 0 Å². The highest BCUT2D eigenvalue weighted by Gasteiger charge is 2.11. The van der Waals surface area contributed by atoms with E-state index in [1.165, 1.54) is 29.1 Å². The van der Waals surface area contributed by atoms with Gasteiger partial charge in [-0.1, -0.05) is 5.21 Å². The van der Waals surface area contributed by atoms with Gasteiger partial charge in [-0.3, -0.25) is 0 Å². The molecule has 0 aliphatic carbocycles. The van der Waals surface area contributed by atoms with E-state index in [1.807, 2.05) is 0 Å². The lowest BCUT2D eigenvalue weighted by Gasteiger charge is -2.00. The quantitative estimate of drug-likeness (QED) is 0.781. The summed E-state index contributed by atoms with van der Waals surface area (Å²) in [5.74, 6) is -1.20. The lowest BCUT2D eigenvalue weighted by molar-refractivity contribution is 0.475. The van der Waals surface area contributed by atoms with Crippen molar-refractivity contribution in [3.8, 4) is 22.7 Å². The molecule has 3 aromatic rings. The van der Waals surface area contributed by atoms with Gasteiger partial charge in [0.25, 0.3) is 0 Å². The van der Waals surface area contributed by atoms with Crippen LogP contribution < -0.4 is 0 Å². The van der Waals surface area contributed by atoms with E-state index in [0.29, 0.717) is 11.4 Å². The van der Waals surface area contributed by atoms with Gasteiger partial charge >= 0.3 is 0 Å². The van der Waals surface area contributed by atoms with Crippen molar-refractivity contribution in [2.75, 3.05) is 0 Å². The average molecular weight is 273 g/mol. The van der Waals surface area contributed by atoms with Crippen LogP contribution in [0.25, 0.3) is 16.9 Å². The topological polar surface area (TPSA) is 50.9 Å². The Kier molecular flexibility index (Phi) is 2.90. The van der Waals surface area contributed by atoms with Gasteiger partial charge in [0.05, 0.1) is 11.9 Å². The van der Waals surface area contributed by atoms with Gasteiger partial charge < -0.3 is 5.11 Å². The summed E-state index contributed by atoms with van der Waals surface area (Å²) in [5.41, 5.74) is 1.15. The zero-order valence-electron chi connectivity index (χ0n) is 10.2. The van der Waals surface area contributed by atoms with Crippen molar-refractivity contribution < 1.29 is 13.9 Å². The fourth-order valence-corrected chi connectivity index (χ4v) is 1.82. The number of halogens is 2. The largest absolute Gasteiger partial charge is 0.508 e. The molecule has 0 saturated carbocycles.